The largest absolute Gasteiger partial charge is 0.493 e. The maximum atomic E-state index is 6.20. The minimum absolute atomic E-state index is 0.376. The highest BCUT2D eigenvalue weighted by atomic mass is 16.5. The fourth-order valence-corrected chi connectivity index (χ4v) is 5.42. The average Bonchev–Trinajstić information content (AvgIpc) is 3.56. The smallest absolute Gasteiger partial charge is 0.163 e. The average molecular weight is 455 g/mol. The summed E-state index contributed by atoms with van der Waals surface area (Å²) >= 11 is 0. The zero-order chi connectivity index (χ0) is 22.5. The zero-order valence-corrected chi connectivity index (χ0v) is 20.0. The molecule has 1 saturated carbocycles. The van der Waals surface area contributed by atoms with Crippen molar-refractivity contribution in [2.45, 2.75) is 69.7 Å². The summed E-state index contributed by atoms with van der Waals surface area (Å²) in [6.45, 7) is 5.84. The van der Waals surface area contributed by atoms with Gasteiger partial charge in [0.2, 0.25) is 0 Å². The zero-order valence-electron chi connectivity index (χ0n) is 20.0. The van der Waals surface area contributed by atoms with E-state index in [1.165, 1.54) is 51.6 Å². The molecule has 3 aliphatic rings. The Balaban J connectivity index is 1.39. The highest BCUT2D eigenvalue weighted by molar-refractivity contribution is 5.92. The van der Waals surface area contributed by atoms with Gasteiger partial charge in [0.1, 0.15) is 11.6 Å². The van der Waals surface area contributed by atoms with E-state index in [0.29, 0.717) is 18.6 Å². The summed E-state index contributed by atoms with van der Waals surface area (Å²) in [4.78, 5) is 12.6. The molecule has 3 fully saturated rings. The number of nitrogens with zero attached hydrogens (tertiary/aromatic N) is 3. The van der Waals surface area contributed by atoms with Crippen LogP contribution in [0.15, 0.2) is 12.1 Å². The summed E-state index contributed by atoms with van der Waals surface area (Å²) in [5.74, 6) is 3.87. The van der Waals surface area contributed by atoms with Crippen LogP contribution in [-0.2, 0) is 4.74 Å². The van der Waals surface area contributed by atoms with Gasteiger partial charge in [0.15, 0.2) is 11.5 Å². The van der Waals surface area contributed by atoms with Gasteiger partial charge in [-0.05, 0) is 64.1 Å². The molecule has 0 amide bonds. The van der Waals surface area contributed by atoms with Crippen molar-refractivity contribution >= 4 is 16.7 Å². The molecule has 0 atom stereocenters. The van der Waals surface area contributed by atoms with Crippen molar-refractivity contribution in [1.82, 2.24) is 14.9 Å². The molecule has 180 valence electrons. The fraction of sp³-hybridized carbons (Fsp3) is 0.692. The van der Waals surface area contributed by atoms with Crippen molar-refractivity contribution in [2.75, 3.05) is 51.9 Å². The standard InChI is InChI=1S/C26H38N4O3/c1-31-23-17-21-22(18-24(23)33-14-6-13-30-11-4-5-12-30)28-25(19-7-2-3-8-19)29-26(21)27-20-9-15-32-16-10-20/h17-20H,2-16H2,1H3,(H,27,28,29). The lowest BCUT2D eigenvalue weighted by molar-refractivity contribution is 0.0904. The number of benzene rings is 1. The minimum atomic E-state index is 0.376. The molecule has 2 saturated heterocycles. The van der Waals surface area contributed by atoms with Crippen molar-refractivity contribution < 1.29 is 14.2 Å². The third-order valence-electron chi connectivity index (χ3n) is 7.36. The first kappa shape index (κ1) is 22.7. The third-order valence-corrected chi connectivity index (χ3v) is 7.36. The molecule has 3 heterocycles. The van der Waals surface area contributed by atoms with E-state index < -0.39 is 0 Å². The molecule has 0 unspecified atom stereocenters. The first-order valence-electron chi connectivity index (χ1n) is 12.9. The van der Waals surface area contributed by atoms with E-state index in [1.54, 1.807) is 7.11 Å². The third kappa shape index (κ3) is 5.52. The van der Waals surface area contributed by atoms with Crippen LogP contribution in [0.5, 0.6) is 11.5 Å². The van der Waals surface area contributed by atoms with E-state index in [-0.39, 0.29) is 0 Å². The van der Waals surface area contributed by atoms with Crippen LogP contribution in [0.4, 0.5) is 5.82 Å². The lowest BCUT2D eigenvalue weighted by Gasteiger charge is -2.25. The molecule has 0 bridgehead atoms. The molecule has 0 radical (unpaired) electrons. The molecule has 5 rings (SSSR count). The number of nitrogens with one attached hydrogen (secondary N) is 1. The summed E-state index contributed by atoms with van der Waals surface area (Å²) < 4.78 is 17.5. The molecule has 1 N–H and O–H groups in total. The Hall–Kier alpha value is -2.12. The van der Waals surface area contributed by atoms with Crippen molar-refractivity contribution in [3.8, 4) is 11.5 Å². The van der Waals surface area contributed by atoms with Gasteiger partial charge in [0, 0.05) is 43.2 Å². The van der Waals surface area contributed by atoms with Crippen LogP contribution < -0.4 is 14.8 Å². The Morgan fingerprint density at radius 3 is 2.55 bits per heavy atom. The van der Waals surface area contributed by atoms with Gasteiger partial charge in [-0.3, -0.25) is 0 Å². The number of anilines is 1. The summed E-state index contributed by atoms with van der Waals surface area (Å²) in [6.07, 6.45) is 10.6. The van der Waals surface area contributed by atoms with Gasteiger partial charge in [-0.15, -0.1) is 0 Å². The number of rotatable bonds is 9. The summed E-state index contributed by atoms with van der Waals surface area (Å²) in [5, 5.41) is 4.71. The number of fused-ring (bicyclic) bond motifs is 1. The predicted octanol–water partition coefficient (Wildman–Crippen LogP) is 4.75. The lowest BCUT2D eigenvalue weighted by Crippen LogP contribution is -2.28. The second-order valence-corrected chi connectivity index (χ2v) is 9.71. The topological polar surface area (TPSA) is 68.7 Å². The van der Waals surface area contributed by atoms with Gasteiger partial charge < -0.3 is 24.4 Å². The molecular formula is C26H38N4O3. The number of aromatic nitrogens is 2. The quantitative estimate of drug-likeness (QED) is 0.548. The second kappa shape index (κ2) is 10.9. The second-order valence-electron chi connectivity index (χ2n) is 9.71. The number of methoxy groups -OCH3 is 1. The Bertz CT molecular complexity index is 919. The first-order valence-corrected chi connectivity index (χ1v) is 12.9. The molecule has 1 aromatic carbocycles. The number of likely N-dealkylation sites (tertiary alicyclic amines) is 1. The fourth-order valence-electron chi connectivity index (χ4n) is 5.42. The van der Waals surface area contributed by atoms with Gasteiger partial charge in [0.05, 0.1) is 19.2 Å². The maximum Gasteiger partial charge on any atom is 0.163 e. The van der Waals surface area contributed by atoms with Gasteiger partial charge in [0.25, 0.3) is 0 Å². The van der Waals surface area contributed by atoms with Gasteiger partial charge in [-0.2, -0.15) is 0 Å². The lowest BCUT2D eigenvalue weighted by atomic mass is 10.1. The SMILES string of the molecule is COc1cc2c(NC3CCOCC3)nc(C3CCCC3)nc2cc1OCCCN1CCCC1. The maximum absolute atomic E-state index is 6.20. The van der Waals surface area contributed by atoms with Crippen LogP contribution in [0.1, 0.15) is 69.5 Å². The molecule has 33 heavy (non-hydrogen) atoms. The summed E-state index contributed by atoms with van der Waals surface area (Å²) in [6, 6.07) is 4.48. The highest BCUT2D eigenvalue weighted by Crippen LogP contribution is 2.38. The van der Waals surface area contributed by atoms with E-state index in [0.717, 1.165) is 73.1 Å². The van der Waals surface area contributed by atoms with E-state index in [9.17, 15) is 0 Å². The predicted molar refractivity (Wildman–Crippen MR) is 131 cm³/mol. The van der Waals surface area contributed by atoms with Crippen LogP contribution in [0, 0.1) is 0 Å². The van der Waals surface area contributed by atoms with Gasteiger partial charge in [-0.1, -0.05) is 12.8 Å². The van der Waals surface area contributed by atoms with E-state index in [4.69, 9.17) is 24.2 Å². The molecule has 0 spiro atoms. The monoisotopic (exact) mass is 454 g/mol. The molecule has 7 heteroatoms. The minimum Gasteiger partial charge on any atom is -0.493 e. The summed E-state index contributed by atoms with van der Waals surface area (Å²) in [5.41, 5.74) is 0.941. The first-order chi connectivity index (χ1) is 16.3. The van der Waals surface area contributed by atoms with E-state index in [1.807, 2.05) is 6.07 Å². The van der Waals surface area contributed by atoms with Crippen LogP contribution in [-0.4, -0.2) is 67.5 Å². The van der Waals surface area contributed by atoms with Crippen LogP contribution in [0.2, 0.25) is 0 Å². The van der Waals surface area contributed by atoms with Crippen molar-refractivity contribution in [3.63, 3.8) is 0 Å². The number of hydrogen-bond donors (Lipinski definition) is 1. The number of ether oxygens (including phenoxy) is 3. The molecule has 1 aromatic heterocycles. The Labute approximate surface area is 197 Å². The Kier molecular flexibility index (Phi) is 7.47. The van der Waals surface area contributed by atoms with Gasteiger partial charge in [-0.25, -0.2) is 9.97 Å². The van der Waals surface area contributed by atoms with Crippen LogP contribution >= 0.6 is 0 Å². The normalized spacial score (nSPS) is 20.5. The van der Waals surface area contributed by atoms with E-state index >= 15 is 0 Å². The van der Waals surface area contributed by atoms with Crippen molar-refractivity contribution in [2.24, 2.45) is 0 Å². The number of hydrogen-bond acceptors (Lipinski definition) is 7. The molecular weight excluding hydrogens is 416 g/mol. The molecule has 1 aliphatic carbocycles. The summed E-state index contributed by atoms with van der Waals surface area (Å²) in [7, 11) is 1.71. The van der Waals surface area contributed by atoms with Crippen LogP contribution in [0.3, 0.4) is 0 Å². The Morgan fingerprint density at radius 2 is 1.79 bits per heavy atom. The molecule has 2 aliphatic heterocycles. The van der Waals surface area contributed by atoms with Crippen molar-refractivity contribution in [3.05, 3.63) is 18.0 Å². The van der Waals surface area contributed by atoms with Crippen molar-refractivity contribution in [1.29, 1.82) is 0 Å². The highest BCUT2D eigenvalue weighted by Gasteiger charge is 2.24. The Morgan fingerprint density at radius 1 is 1.00 bits per heavy atom. The van der Waals surface area contributed by atoms with Crippen LogP contribution in [0.25, 0.3) is 10.9 Å². The molecule has 7 nitrogen and oxygen atoms in total. The van der Waals surface area contributed by atoms with Gasteiger partial charge >= 0.3 is 0 Å². The molecule has 2 aromatic rings. The van der Waals surface area contributed by atoms with E-state index in [2.05, 4.69) is 16.3 Å².